The quantitative estimate of drug-likeness (QED) is 0.518. The van der Waals surface area contributed by atoms with Crippen LogP contribution in [0.15, 0.2) is 24.5 Å². The van der Waals surface area contributed by atoms with Gasteiger partial charge in [-0.2, -0.15) is 0 Å². The molecule has 1 aliphatic carbocycles. The molecule has 4 aliphatic rings. The highest BCUT2D eigenvalue weighted by molar-refractivity contribution is 6.20. The molecule has 6 rings (SSSR count). The third-order valence-electron chi connectivity index (χ3n) is 7.38. The summed E-state index contributed by atoms with van der Waals surface area (Å²) in [6, 6.07) is 6.83. The fourth-order valence-corrected chi connectivity index (χ4v) is 5.60. The molecule has 0 spiro atoms. The van der Waals surface area contributed by atoms with Gasteiger partial charge in [-0.3, -0.25) is 9.80 Å². The van der Waals surface area contributed by atoms with E-state index in [4.69, 9.17) is 26.1 Å². The minimum atomic E-state index is -0.233. The number of aromatic nitrogens is 2. The van der Waals surface area contributed by atoms with Crippen LogP contribution in [0.4, 0.5) is 5.82 Å². The maximum absolute atomic E-state index is 6.92. The zero-order chi connectivity index (χ0) is 21.5. The van der Waals surface area contributed by atoms with Crippen molar-refractivity contribution in [1.29, 1.82) is 0 Å². The van der Waals surface area contributed by atoms with Gasteiger partial charge in [0.1, 0.15) is 30.9 Å². The molecule has 1 unspecified atom stereocenters. The predicted molar refractivity (Wildman–Crippen MR) is 124 cm³/mol. The first kappa shape index (κ1) is 20.5. The number of halogens is 1. The fraction of sp³-hybridized carbons (Fsp3) is 0.583. The Balaban J connectivity index is 1.15. The third kappa shape index (κ3) is 3.80. The normalized spacial score (nSPS) is 22.8. The summed E-state index contributed by atoms with van der Waals surface area (Å²) >= 11 is 6.92. The molecule has 0 amide bonds. The van der Waals surface area contributed by atoms with Crippen molar-refractivity contribution in [1.82, 2.24) is 19.8 Å². The summed E-state index contributed by atoms with van der Waals surface area (Å²) in [7, 11) is 0. The standard InChI is InChI=1S/C24H30ClN5O2/c25-23(17-4-5-21-22(14-17)32-13-12-31-21)30-7-6-19-20(15-30)26-16-27-24(19)29-10-8-28(9-11-29)18-2-1-3-18/h4-5,14,16,18,23H,1-3,6-13,15H2. The number of rotatable bonds is 4. The second kappa shape index (κ2) is 8.69. The van der Waals surface area contributed by atoms with E-state index in [1.54, 1.807) is 6.33 Å². The Labute approximate surface area is 194 Å². The van der Waals surface area contributed by atoms with Gasteiger partial charge in [0.05, 0.1) is 5.69 Å². The molecule has 1 aromatic heterocycles. The summed E-state index contributed by atoms with van der Waals surface area (Å²) in [5, 5.41) is 0. The molecule has 7 nitrogen and oxygen atoms in total. The molecule has 32 heavy (non-hydrogen) atoms. The van der Waals surface area contributed by atoms with Crippen LogP contribution in [-0.4, -0.2) is 71.7 Å². The van der Waals surface area contributed by atoms with Gasteiger partial charge in [0.15, 0.2) is 11.5 Å². The second-order valence-corrected chi connectivity index (χ2v) is 9.60. The molecular weight excluding hydrogens is 426 g/mol. The van der Waals surface area contributed by atoms with Crippen molar-refractivity contribution < 1.29 is 9.47 Å². The summed E-state index contributed by atoms with van der Waals surface area (Å²) in [6.07, 6.45) is 6.80. The van der Waals surface area contributed by atoms with Gasteiger partial charge < -0.3 is 14.4 Å². The molecule has 8 heteroatoms. The summed E-state index contributed by atoms with van der Waals surface area (Å²) in [5.74, 6) is 2.71. The minimum Gasteiger partial charge on any atom is -0.486 e. The molecule has 170 valence electrons. The first-order chi connectivity index (χ1) is 15.8. The van der Waals surface area contributed by atoms with Crippen LogP contribution in [0.3, 0.4) is 0 Å². The lowest BCUT2D eigenvalue weighted by Crippen LogP contribution is -2.52. The molecule has 4 heterocycles. The predicted octanol–water partition coefficient (Wildman–Crippen LogP) is 3.22. The van der Waals surface area contributed by atoms with Crippen LogP contribution in [0.25, 0.3) is 0 Å². The maximum Gasteiger partial charge on any atom is 0.161 e. The van der Waals surface area contributed by atoms with E-state index in [-0.39, 0.29) is 5.50 Å². The number of hydrogen-bond acceptors (Lipinski definition) is 7. The third-order valence-corrected chi connectivity index (χ3v) is 7.91. The highest BCUT2D eigenvalue weighted by atomic mass is 35.5. The van der Waals surface area contributed by atoms with Gasteiger partial charge in [-0.1, -0.05) is 12.5 Å². The monoisotopic (exact) mass is 455 g/mol. The van der Waals surface area contributed by atoms with Gasteiger partial charge >= 0.3 is 0 Å². The van der Waals surface area contributed by atoms with Gasteiger partial charge in [0, 0.05) is 50.9 Å². The van der Waals surface area contributed by atoms with E-state index >= 15 is 0 Å². The van der Waals surface area contributed by atoms with E-state index in [2.05, 4.69) is 19.7 Å². The zero-order valence-corrected chi connectivity index (χ0v) is 19.1. The first-order valence-corrected chi connectivity index (χ1v) is 12.3. The molecule has 2 aromatic rings. The largest absolute Gasteiger partial charge is 0.486 e. The van der Waals surface area contributed by atoms with Crippen molar-refractivity contribution in [3.8, 4) is 11.5 Å². The molecule has 1 atom stereocenters. The summed E-state index contributed by atoms with van der Waals surface area (Å²) in [5.41, 5.74) is 3.20. The first-order valence-electron chi connectivity index (χ1n) is 11.9. The number of anilines is 1. The Morgan fingerprint density at radius 2 is 1.78 bits per heavy atom. The van der Waals surface area contributed by atoms with Gasteiger partial charge in [0.2, 0.25) is 0 Å². The molecule has 1 saturated carbocycles. The van der Waals surface area contributed by atoms with Gasteiger partial charge in [0.25, 0.3) is 0 Å². The molecule has 3 aliphatic heterocycles. The van der Waals surface area contributed by atoms with Crippen molar-refractivity contribution >= 4 is 17.4 Å². The molecule has 0 bridgehead atoms. The van der Waals surface area contributed by atoms with Crippen molar-refractivity contribution in [2.45, 2.75) is 43.8 Å². The topological polar surface area (TPSA) is 54.0 Å². The van der Waals surface area contributed by atoms with Crippen LogP contribution in [-0.2, 0) is 13.0 Å². The van der Waals surface area contributed by atoms with E-state index in [0.717, 1.165) is 80.3 Å². The molecule has 0 N–H and O–H groups in total. The van der Waals surface area contributed by atoms with E-state index in [0.29, 0.717) is 13.2 Å². The SMILES string of the molecule is ClC(c1ccc2c(c1)OCCO2)N1CCc2c(ncnc2N2CCN(C3CCC3)CC2)C1. The highest BCUT2D eigenvalue weighted by Crippen LogP contribution is 2.38. The number of alkyl halides is 1. The Kier molecular flexibility index (Phi) is 5.57. The van der Waals surface area contributed by atoms with Crippen molar-refractivity contribution in [3.63, 3.8) is 0 Å². The molecule has 1 aromatic carbocycles. The van der Waals surface area contributed by atoms with Crippen LogP contribution < -0.4 is 14.4 Å². The summed E-state index contributed by atoms with van der Waals surface area (Å²) in [6.45, 7) is 7.19. The van der Waals surface area contributed by atoms with Crippen LogP contribution in [0, 0.1) is 0 Å². The number of ether oxygens (including phenoxy) is 2. The summed E-state index contributed by atoms with van der Waals surface area (Å²) in [4.78, 5) is 16.8. The number of hydrogen-bond donors (Lipinski definition) is 0. The highest BCUT2D eigenvalue weighted by Gasteiger charge is 2.31. The van der Waals surface area contributed by atoms with Crippen LogP contribution in [0.1, 0.15) is 41.6 Å². The lowest BCUT2D eigenvalue weighted by molar-refractivity contribution is 0.120. The second-order valence-electron chi connectivity index (χ2n) is 9.19. The molecule has 0 radical (unpaired) electrons. The maximum atomic E-state index is 6.92. The van der Waals surface area contributed by atoms with E-state index in [1.807, 2.05) is 18.2 Å². The number of benzene rings is 1. The smallest absolute Gasteiger partial charge is 0.161 e. The average molecular weight is 456 g/mol. The van der Waals surface area contributed by atoms with Crippen molar-refractivity contribution in [3.05, 3.63) is 41.3 Å². The Hall–Kier alpha value is -2.09. The Morgan fingerprint density at radius 3 is 2.56 bits per heavy atom. The number of nitrogens with zero attached hydrogens (tertiary/aromatic N) is 5. The molecule has 1 saturated heterocycles. The molecular formula is C24H30ClN5O2. The lowest BCUT2D eigenvalue weighted by atomic mass is 9.91. The number of fused-ring (bicyclic) bond motifs is 2. The Bertz CT molecular complexity index is 977. The van der Waals surface area contributed by atoms with Gasteiger partial charge in [-0.05, 0) is 37.0 Å². The van der Waals surface area contributed by atoms with Crippen molar-refractivity contribution in [2.24, 2.45) is 0 Å². The minimum absolute atomic E-state index is 0.233. The van der Waals surface area contributed by atoms with E-state index in [9.17, 15) is 0 Å². The summed E-state index contributed by atoms with van der Waals surface area (Å²) < 4.78 is 11.4. The lowest BCUT2D eigenvalue weighted by Gasteiger charge is -2.44. The fourth-order valence-electron chi connectivity index (χ4n) is 5.29. The average Bonchev–Trinajstić information content (AvgIpc) is 2.82. The number of piperazine rings is 1. The van der Waals surface area contributed by atoms with Gasteiger partial charge in [-0.25, -0.2) is 9.97 Å². The van der Waals surface area contributed by atoms with Crippen LogP contribution >= 0.6 is 11.6 Å². The van der Waals surface area contributed by atoms with Crippen molar-refractivity contribution in [2.75, 3.05) is 50.8 Å². The van der Waals surface area contributed by atoms with Gasteiger partial charge in [-0.15, -0.1) is 11.6 Å². The Morgan fingerprint density at radius 1 is 0.969 bits per heavy atom. The van der Waals surface area contributed by atoms with Crippen LogP contribution in [0.2, 0.25) is 0 Å². The van der Waals surface area contributed by atoms with Crippen LogP contribution in [0.5, 0.6) is 11.5 Å². The zero-order valence-electron chi connectivity index (χ0n) is 18.4. The van der Waals surface area contributed by atoms with E-state index < -0.39 is 0 Å². The molecule has 2 fully saturated rings. The van der Waals surface area contributed by atoms with E-state index in [1.165, 1.54) is 24.8 Å².